The molecule has 1 saturated carbocycles. The lowest BCUT2D eigenvalue weighted by Gasteiger charge is -2.43. The van der Waals surface area contributed by atoms with Crippen molar-refractivity contribution in [3.05, 3.63) is 34.9 Å². The van der Waals surface area contributed by atoms with Gasteiger partial charge in [-0.05, 0) is 62.8 Å². The second kappa shape index (κ2) is 14.2. The van der Waals surface area contributed by atoms with Crippen molar-refractivity contribution in [2.75, 3.05) is 40.3 Å². The fourth-order valence-electron chi connectivity index (χ4n) is 6.11. The van der Waals surface area contributed by atoms with Crippen LogP contribution < -0.4 is 10.6 Å². The van der Waals surface area contributed by atoms with Gasteiger partial charge in [0.15, 0.2) is 0 Å². The summed E-state index contributed by atoms with van der Waals surface area (Å²) in [5, 5.41) is 28.3. The molecule has 37 heavy (non-hydrogen) atoms. The van der Waals surface area contributed by atoms with Crippen LogP contribution in [0.5, 0.6) is 0 Å². The molecule has 1 saturated heterocycles. The zero-order valence-electron chi connectivity index (χ0n) is 22.4. The van der Waals surface area contributed by atoms with Crippen molar-refractivity contribution in [1.82, 2.24) is 20.4 Å². The van der Waals surface area contributed by atoms with E-state index in [1.165, 1.54) is 44.1 Å². The number of hydrogen-bond donors (Lipinski definition) is 4. The molecule has 1 aliphatic carbocycles. The van der Waals surface area contributed by atoms with Gasteiger partial charge in [0.1, 0.15) is 0 Å². The van der Waals surface area contributed by atoms with E-state index < -0.39 is 11.7 Å². The van der Waals surface area contributed by atoms with E-state index in [1.54, 1.807) is 12.1 Å². The lowest BCUT2D eigenvalue weighted by atomic mass is 9.74. The average Bonchev–Trinajstić information content (AvgIpc) is 2.89. The summed E-state index contributed by atoms with van der Waals surface area (Å²) in [7, 11) is 3.45. The summed E-state index contributed by atoms with van der Waals surface area (Å²) in [5.41, 5.74) is -0.494. The van der Waals surface area contributed by atoms with Crippen molar-refractivity contribution in [1.29, 1.82) is 0 Å². The number of likely N-dealkylation sites (tertiary alicyclic amines) is 1. The van der Waals surface area contributed by atoms with Gasteiger partial charge < -0.3 is 30.6 Å². The second-order valence-corrected chi connectivity index (χ2v) is 11.4. The number of likely N-dealkylation sites (N-methyl/N-ethyl adjacent to an activating group) is 1. The molecule has 1 aromatic carbocycles. The summed E-state index contributed by atoms with van der Waals surface area (Å²) in [4.78, 5) is 27.7. The Morgan fingerprint density at radius 2 is 1.97 bits per heavy atom. The Labute approximate surface area is 226 Å². The van der Waals surface area contributed by atoms with Gasteiger partial charge in [0.05, 0.1) is 5.60 Å². The van der Waals surface area contributed by atoms with Gasteiger partial charge >= 0.3 is 12.1 Å². The first-order valence-electron chi connectivity index (χ1n) is 13.9. The summed E-state index contributed by atoms with van der Waals surface area (Å²) in [6, 6.07) is 7.28. The van der Waals surface area contributed by atoms with Gasteiger partial charge in [-0.3, -0.25) is 0 Å². The van der Waals surface area contributed by atoms with Gasteiger partial charge in [-0.1, -0.05) is 55.8 Å². The molecule has 4 N–H and O–H groups in total. The van der Waals surface area contributed by atoms with Crippen LogP contribution in [0.4, 0.5) is 9.59 Å². The van der Waals surface area contributed by atoms with Crippen LogP contribution in [0.3, 0.4) is 0 Å². The molecule has 3 amide bonds. The van der Waals surface area contributed by atoms with Crippen molar-refractivity contribution in [2.45, 2.75) is 75.9 Å². The van der Waals surface area contributed by atoms with Crippen molar-refractivity contribution in [2.24, 2.45) is 11.8 Å². The highest BCUT2D eigenvalue weighted by molar-refractivity contribution is 6.30. The fourth-order valence-corrected chi connectivity index (χ4v) is 6.30. The highest BCUT2D eigenvalue weighted by atomic mass is 35.5. The van der Waals surface area contributed by atoms with E-state index in [0.717, 1.165) is 31.4 Å². The molecule has 1 heterocycles. The van der Waals surface area contributed by atoms with E-state index in [-0.39, 0.29) is 18.0 Å². The maximum Gasteiger partial charge on any atom is 0.407 e. The van der Waals surface area contributed by atoms with Crippen LogP contribution in [-0.2, 0) is 5.60 Å². The smallest absolute Gasteiger partial charge is 0.407 e. The third-order valence-electron chi connectivity index (χ3n) is 8.21. The van der Waals surface area contributed by atoms with E-state index in [0.29, 0.717) is 43.4 Å². The van der Waals surface area contributed by atoms with Crippen LogP contribution in [-0.4, -0.2) is 78.5 Å². The lowest BCUT2D eigenvalue weighted by molar-refractivity contribution is -0.0562. The molecule has 0 spiro atoms. The molecule has 0 unspecified atom stereocenters. The number of hydrogen-bond acceptors (Lipinski definition) is 4. The zero-order valence-corrected chi connectivity index (χ0v) is 23.2. The number of amides is 3. The first-order chi connectivity index (χ1) is 17.7. The number of aliphatic hydroxyl groups is 1. The number of carbonyl (C=O) groups is 2. The highest BCUT2D eigenvalue weighted by Crippen LogP contribution is 2.40. The number of urea groups is 1. The molecule has 9 heteroatoms. The minimum absolute atomic E-state index is 0.0696. The second-order valence-electron chi connectivity index (χ2n) is 11.0. The van der Waals surface area contributed by atoms with Crippen molar-refractivity contribution < 1.29 is 19.8 Å². The first kappa shape index (κ1) is 29.5. The molecule has 0 bridgehead atoms. The summed E-state index contributed by atoms with van der Waals surface area (Å²) < 4.78 is 0. The monoisotopic (exact) mass is 536 g/mol. The van der Waals surface area contributed by atoms with Crippen molar-refractivity contribution in [3.8, 4) is 0 Å². The van der Waals surface area contributed by atoms with E-state index in [1.807, 2.05) is 24.1 Å². The molecule has 1 aliphatic heterocycles. The number of carboxylic acid groups (broad SMARTS) is 1. The number of benzene rings is 1. The molecule has 0 aromatic heterocycles. The maximum absolute atomic E-state index is 13.4. The Morgan fingerprint density at radius 1 is 1.22 bits per heavy atom. The summed E-state index contributed by atoms with van der Waals surface area (Å²) in [6.45, 7) is 2.16. The van der Waals surface area contributed by atoms with Gasteiger partial charge in [0.25, 0.3) is 0 Å². The number of nitrogens with zero attached hydrogens (tertiary/aromatic N) is 2. The minimum atomic E-state index is -1.21. The molecular formula is C28H45ClN4O4. The van der Waals surface area contributed by atoms with Gasteiger partial charge in [-0.15, -0.1) is 0 Å². The number of piperidine rings is 1. The molecule has 2 aliphatic rings. The number of halogens is 1. The highest BCUT2D eigenvalue weighted by Gasteiger charge is 2.41. The Bertz CT molecular complexity index is 881. The van der Waals surface area contributed by atoms with Gasteiger partial charge in [-0.25, -0.2) is 9.59 Å². The Hall–Kier alpha value is -2.03. The summed E-state index contributed by atoms with van der Waals surface area (Å²) >= 11 is 6.28. The summed E-state index contributed by atoms with van der Waals surface area (Å²) in [5.74, 6) is 0.486. The fraction of sp³-hybridized carbons (Fsp3) is 0.714. The SMILES string of the molecule is CNC[C@H](CC1CCCCC1)NC(=O)N1CCC[C@@H]([C@@](O)(CCCN(C)C(=O)O)c2cccc(Cl)c2)C1. The average molecular weight is 537 g/mol. The molecule has 0 radical (unpaired) electrons. The molecule has 8 nitrogen and oxygen atoms in total. The van der Waals surface area contributed by atoms with Crippen molar-refractivity contribution >= 4 is 23.7 Å². The van der Waals surface area contributed by atoms with Crippen LogP contribution in [0.15, 0.2) is 24.3 Å². The van der Waals surface area contributed by atoms with Gasteiger partial charge in [0, 0.05) is 50.2 Å². The summed E-state index contributed by atoms with van der Waals surface area (Å²) in [6.07, 6.45) is 8.83. The lowest BCUT2D eigenvalue weighted by Crippen LogP contribution is -2.54. The van der Waals surface area contributed by atoms with Crippen LogP contribution in [0, 0.1) is 11.8 Å². The molecule has 2 fully saturated rings. The molecule has 3 rings (SSSR count). The molecule has 1 aromatic rings. The number of nitrogens with one attached hydrogen (secondary N) is 2. The Kier molecular flexibility index (Phi) is 11.3. The van der Waals surface area contributed by atoms with E-state index in [2.05, 4.69) is 10.6 Å². The Balaban J connectivity index is 1.70. The first-order valence-corrected chi connectivity index (χ1v) is 14.2. The topological polar surface area (TPSA) is 105 Å². The van der Waals surface area contributed by atoms with Crippen LogP contribution in [0.25, 0.3) is 0 Å². The van der Waals surface area contributed by atoms with E-state index >= 15 is 0 Å². The number of rotatable bonds is 11. The van der Waals surface area contributed by atoms with E-state index in [9.17, 15) is 19.8 Å². The molecular weight excluding hydrogens is 492 g/mol. The Morgan fingerprint density at radius 3 is 2.65 bits per heavy atom. The predicted octanol–water partition coefficient (Wildman–Crippen LogP) is 4.90. The normalized spacial score (nSPS) is 21.2. The van der Waals surface area contributed by atoms with Crippen molar-refractivity contribution in [3.63, 3.8) is 0 Å². The van der Waals surface area contributed by atoms with Gasteiger partial charge in [0.2, 0.25) is 0 Å². The predicted molar refractivity (Wildman–Crippen MR) is 147 cm³/mol. The quantitative estimate of drug-likeness (QED) is 0.322. The third-order valence-corrected chi connectivity index (χ3v) is 8.44. The van der Waals surface area contributed by atoms with Crippen LogP contribution in [0.1, 0.15) is 69.8 Å². The van der Waals surface area contributed by atoms with Crippen LogP contribution >= 0.6 is 11.6 Å². The molecule has 208 valence electrons. The maximum atomic E-state index is 13.4. The zero-order chi connectivity index (χ0) is 26.8. The van der Waals surface area contributed by atoms with Gasteiger partial charge in [-0.2, -0.15) is 0 Å². The third kappa shape index (κ3) is 8.48. The van der Waals surface area contributed by atoms with Crippen LogP contribution in [0.2, 0.25) is 5.02 Å². The molecule has 3 atom stereocenters. The number of carbonyl (C=O) groups excluding carboxylic acids is 1. The van der Waals surface area contributed by atoms with E-state index in [4.69, 9.17) is 11.6 Å². The standard InChI is InChI=1S/C28H45ClN4O4/c1-30-19-25(17-21-9-4-3-5-10-21)31-26(34)33-16-7-12-23(20-33)28(37,14-8-15-32(2)27(35)36)22-11-6-13-24(29)18-22/h6,11,13,18,21,23,25,30,37H,3-5,7-10,12,14-17,19-20H2,1-2H3,(H,31,34)(H,35,36)/t23-,25+,28-/m1/s1. The largest absolute Gasteiger partial charge is 0.465 e. The minimum Gasteiger partial charge on any atom is -0.465 e.